The number of nitrogens with zero attached hydrogens (tertiary/aromatic N) is 3. The van der Waals surface area contributed by atoms with E-state index in [0.717, 1.165) is 32.9 Å². The van der Waals surface area contributed by atoms with E-state index < -0.39 is 0 Å². The lowest BCUT2D eigenvalue weighted by molar-refractivity contribution is 0.398. The molecule has 0 saturated carbocycles. The molecule has 1 aromatic carbocycles. The first-order valence-electron chi connectivity index (χ1n) is 7.00. The number of para-hydroxylation sites is 1. The van der Waals surface area contributed by atoms with Gasteiger partial charge in [-0.05, 0) is 23.6 Å². The van der Waals surface area contributed by atoms with E-state index in [-0.39, 0.29) is 0 Å². The molecule has 0 unspecified atom stereocenters. The van der Waals surface area contributed by atoms with E-state index >= 15 is 0 Å². The summed E-state index contributed by atoms with van der Waals surface area (Å²) < 4.78 is 5.22. The standard InChI is InChI=1S/C18H13N3O/c1-22-17-10-12(6-9-20-17)18-15-11-19-8-7-13(15)14-4-2-3-5-16(14)21-18/h2-11H,1H3. The van der Waals surface area contributed by atoms with Crippen LogP contribution in [0.5, 0.6) is 5.88 Å². The summed E-state index contributed by atoms with van der Waals surface area (Å²) in [4.78, 5) is 13.2. The molecule has 4 heteroatoms. The maximum absolute atomic E-state index is 5.22. The van der Waals surface area contributed by atoms with Gasteiger partial charge in [-0.3, -0.25) is 4.98 Å². The zero-order valence-electron chi connectivity index (χ0n) is 12.0. The Morgan fingerprint density at radius 3 is 2.73 bits per heavy atom. The van der Waals surface area contributed by atoms with Gasteiger partial charge in [0.2, 0.25) is 5.88 Å². The van der Waals surface area contributed by atoms with E-state index in [1.165, 1.54) is 0 Å². The Bertz CT molecular complexity index is 982. The van der Waals surface area contributed by atoms with E-state index in [0.29, 0.717) is 5.88 Å². The third kappa shape index (κ3) is 1.97. The molecule has 4 rings (SSSR count). The summed E-state index contributed by atoms with van der Waals surface area (Å²) in [6, 6.07) is 14.0. The quantitative estimate of drug-likeness (QED) is 0.525. The number of hydrogen-bond acceptors (Lipinski definition) is 4. The van der Waals surface area contributed by atoms with Gasteiger partial charge in [0, 0.05) is 41.0 Å². The minimum atomic E-state index is 0.574. The van der Waals surface area contributed by atoms with Crippen molar-refractivity contribution in [3.8, 4) is 17.1 Å². The molecule has 3 heterocycles. The van der Waals surface area contributed by atoms with Gasteiger partial charge >= 0.3 is 0 Å². The fourth-order valence-corrected chi connectivity index (χ4v) is 2.69. The van der Waals surface area contributed by atoms with E-state index in [4.69, 9.17) is 9.72 Å². The van der Waals surface area contributed by atoms with Crippen molar-refractivity contribution in [3.63, 3.8) is 0 Å². The van der Waals surface area contributed by atoms with Crippen LogP contribution in [0.15, 0.2) is 61.1 Å². The fraction of sp³-hybridized carbons (Fsp3) is 0.0556. The molecule has 0 aliphatic rings. The second kappa shape index (κ2) is 5.07. The number of hydrogen-bond donors (Lipinski definition) is 0. The lowest BCUT2D eigenvalue weighted by Gasteiger charge is -2.10. The molecule has 3 aromatic heterocycles. The Balaban J connectivity index is 2.11. The molecule has 0 saturated heterocycles. The van der Waals surface area contributed by atoms with Crippen molar-refractivity contribution in [3.05, 3.63) is 61.1 Å². The molecule has 0 bridgehead atoms. The molecule has 0 N–H and O–H groups in total. The molecule has 22 heavy (non-hydrogen) atoms. The van der Waals surface area contributed by atoms with Crippen LogP contribution in [-0.4, -0.2) is 22.1 Å². The molecule has 0 spiro atoms. The first-order chi connectivity index (χ1) is 10.9. The van der Waals surface area contributed by atoms with Crippen LogP contribution in [-0.2, 0) is 0 Å². The van der Waals surface area contributed by atoms with Crippen molar-refractivity contribution >= 4 is 21.7 Å². The summed E-state index contributed by atoms with van der Waals surface area (Å²) in [5.74, 6) is 0.574. The number of aromatic nitrogens is 3. The van der Waals surface area contributed by atoms with Gasteiger partial charge in [0.15, 0.2) is 0 Å². The van der Waals surface area contributed by atoms with Crippen LogP contribution < -0.4 is 4.74 Å². The van der Waals surface area contributed by atoms with Crippen LogP contribution in [0.4, 0.5) is 0 Å². The minimum Gasteiger partial charge on any atom is -0.481 e. The van der Waals surface area contributed by atoms with E-state index in [9.17, 15) is 0 Å². The van der Waals surface area contributed by atoms with Crippen LogP contribution in [0, 0.1) is 0 Å². The van der Waals surface area contributed by atoms with Crippen molar-refractivity contribution in [2.75, 3.05) is 7.11 Å². The highest BCUT2D eigenvalue weighted by Crippen LogP contribution is 2.32. The predicted octanol–water partition coefficient (Wildman–Crippen LogP) is 3.85. The van der Waals surface area contributed by atoms with Gasteiger partial charge in [-0.15, -0.1) is 0 Å². The van der Waals surface area contributed by atoms with Crippen molar-refractivity contribution in [2.24, 2.45) is 0 Å². The maximum Gasteiger partial charge on any atom is 0.213 e. The maximum atomic E-state index is 5.22. The van der Waals surface area contributed by atoms with Crippen LogP contribution in [0.3, 0.4) is 0 Å². The van der Waals surface area contributed by atoms with Crippen molar-refractivity contribution in [1.82, 2.24) is 15.0 Å². The SMILES string of the molecule is COc1cc(-c2nc3ccccc3c3ccncc23)ccn1. The second-order valence-corrected chi connectivity index (χ2v) is 4.99. The van der Waals surface area contributed by atoms with E-state index in [1.807, 2.05) is 48.8 Å². The molecule has 0 atom stereocenters. The largest absolute Gasteiger partial charge is 0.481 e. The minimum absolute atomic E-state index is 0.574. The highest BCUT2D eigenvalue weighted by Gasteiger charge is 2.11. The normalized spacial score (nSPS) is 11.0. The molecule has 4 aromatic rings. The zero-order chi connectivity index (χ0) is 14.9. The zero-order valence-corrected chi connectivity index (χ0v) is 12.0. The molecule has 4 nitrogen and oxygen atoms in total. The number of methoxy groups -OCH3 is 1. The summed E-state index contributed by atoms with van der Waals surface area (Å²) in [5.41, 5.74) is 2.82. The molecule has 0 radical (unpaired) electrons. The van der Waals surface area contributed by atoms with E-state index in [1.54, 1.807) is 13.3 Å². The van der Waals surface area contributed by atoms with E-state index in [2.05, 4.69) is 16.0 Å². The molecule has 0 amide bonds. The number of pyridine rings is 3. The van der Waals surface area contributed by atoms with Gasteiger partial charge in [-0.25, -0.2) is 9.97 Å². The molecule has 0 aliphatic heterocycles. The molecule has 106 valence electrons. The predicted molar refractivity (Wildman–Crippen MR) is 86.8 cm³/mol. The molecule has 0 fully saturated rings. The fourth-order valence-electron chi connectivity index (χ4n) is 2.69. The third-order valence-corrected chi connectivity index (χ3v) is 3.72. The molecular weight excluding hydrogens is 274 g/mol. The summed E-state index contributed by atoms with van der Waals surface area (Å²) in [7, 11) is 1.61. The number of rotatable bonds is 2. The second-order valence-electron chi connectivity index (χ2n) is 4.99. The highest BCUT2D eigenvalue weighted by atomic mass is 16.5. The van der Waals surface area contributed by atoms with Gasteiger partial charge in [0.1, 0.15) is 0 Å². The van der Waals surface area contributed by atoms with Crippen LogP contribution in [0.2, 0.25) is 0 Å². The van der Waals surface area contributed by atoms with Crippen LogP contribution in [0.25, 0.3) is 32.9 Å². The van der Waals surface area contributed by atoms with Gasteiger partial charge < -0.3 is 4.74 Å². The van der Waals surface area contributed by atoms with Crippen molar-refractivity contribution in [2.45, 2.75) is 0 Å². The lowest BCUT2D eigenvalue weighted by Crippen LogP contribution is -1.92. The van der Waals surface area contributed by atoms with Crippen molar-refractivity contribution < 1.29 is 4.74 Å². The Morgan fingerprint density at radius 1 is 0.909 bits per heavy atom. The van der Waals surface area contributed by atoms with Crippen molar-refractivity contribution in [1.29, 1.82) is 0 Å². The van der Waals surface area contributed by atoms with Gasteiger partial charge in [0.05, 0.1) is 18.3 Å². The molecular formula is C18H13N3O. The average Bonchev–Trinajstić information content (AvgIpc) is 2.61. The lowest BCUT2D eigenvalue weighted by atomic mass is 10.0. The first kappa shape index (κ1) is 12.7. The highest BCUT2D eigenvalue weighted by molar-refractivity contribution is 6.10. The summed E-state index contributed by atoms with van der Waals surface area (Å²) >= 11 is 0. The Morgan fingerprint density at radius 2 is 1.82 bits per heavy atom. The average molecular weight is 287 g/mol. The summed E-state index contributed by atoms with van der Waals surface area (Å²) in [5, 5.41) is 3.30. The third-order valence-electron chi connectivity index (χ3n) is 3.72. The van der Waals surface area contributed by atoms with Crippen LogP contribution in [0.1, 0.15) is 0 Å². The van der Waals surface area contributed by atoms with Gasteiger partial charge in [0.25, 0.3) is 0 Å². The number of ether oxygens (including phenoxy) is 1. The molecule has 0 aliphatic carbocycles. The first-order valence-corrected chi connectivity index (χ1v) is 7.00. The summed E-state index contributed by atoms with van der Waals surface area (Å²) in [6.07, 6.45) is 5.40. The monoisotopic (exact) mass is 287 g/mol. The van der Waals surface area contributed by atoms with Gasteiger partial charge in [-0.1, -0.05) is 18.2 Å². The summed E-state index contributed by atoms with van der Waals surface area (Å²) in [6.45, 7) is 0. The smallest absolute Gasteiger partial charge is 0.213 e. The Hall–Kier alpha value is -3.01. The van der Waals surface area contributed by atoms with Crippen LogP contribution >= 0.6 is 0 Å². The Kier molecular flexibility index (Phi) is 2.93. The number of benzene rings is 1. The topological polar surface area (TPSA) is 47.9 Å². The number of fused-ring (bicyclic) bond motifs is 3. The Labute approximate surface area is 127 Å². The van der Waals surface area contributed by atoms with Gasteiger partial charge in [-0.2, -0.15) is 0 Å².